The van der Waals surface area contributed by atoms with E-state index in [0.717, 1.165) is 58.7 Å². The van der Waals surface area contributed by atoms with Crippen LogP contribution >= 0.6 is 11.3 Å². The van der Waals surface area contributed by atoms with Gasteiger partial charge in [0.1, 0.15) is 10.7 Å². The zero-order valence-corrected chi connectivity index (χ0v) is 13.7. The molecule has 1 aromatic carbocycles. The lowest BCUT2D eigenvalue weighted by molar-refractivity contribution is -0.114. The van der Waals surface area contributed by atoms with Gasteiger partial charge in [0.05, 0.1) is 15.8 Å². The molecule has 0 unspecified atom stereocenters. The normalized spacial score (nSPS) is 14.7. The van der Waals surface area contributed by atoms with E-state index < -0.39 is 0 Å². The fraction of sp³-hybridized carbons (Fsp3) is 0.353. The van der Waals surface area contributed by atoms with Gasteiger partial charge in [-0.3, -0.25) is 14.2 Å². The number of aryl methyl sites for hydroxylation is 1. The highest BCUT2D eigenvalue weighted by Gasteiger charge is 2.18. The Morgan fingerprint density at radius 1 is 1.30 bits per heavy atom. The average molecular weight is 327 g/mol. The highest BCUT2D eigenvalue weighted by molar-refractivity contribution is 7.26. The highest BCUT2D eigenvalue weighted by atomic mass is 32.1. The van der Waals surface area contributed by atoms with Gasteiger partial charge >= 0.3 is 0 Å². The number of anilines is 1. The minimum Gasteiger partial charge on any atom is -0.325 e. The molecule has 0 aliphatic carbocycles. The molecule has 1 N–H and O–H groups in total. The number of rotatable bonds is 1. The lowest BCUT2D eigenvalue weighted by atomic mass is 10.2. The molecule has 1 amide bonds. The SMILES string of the molecule is CC(=O)Nc1cccc2c1sc1nc3n(c(=O)c12)CCCCC3. The molecular formula is C17H17N3O2S. The molecule has 5 nitrogen and oxygen atoms in total. The Morgan fingerprint density at radius 3 is 3.00 bits per heavy atom. The van der Waals surface area contributed by atoms with Crippen LogP contribution in [0.25, 0.3) is 20.3 Å². The van der Waals surface area contributed by atoms with Gasteiger partial charge in [-0.2, -0.15) is 0 Å². The molecule has 2 aromatic heterocycles. The molecule has 4 rings (SSSR count). The Balaban J connectivity index is 2.05. The van der Waals surface area contributed by atoms with Gasteiger partial charge in [-0.05, 0) is 18.9 Å². The minimum atomic E-state index is -0.115. The molecular weight excluding hydrogens is 310 g/mol. The first-order chi connectivity index (χ1) is 11.1. The van der Waals surface area contributed by atoms with E-state index in [1.54, 1.807) is 0 Å². The molecule has 0 fully saturated rings. The molecule has 1 aliphatic heterocycles. The summed E-state index contributed by atoms with van der Waals surface area (Å²) in [5, 5.41) is 4.41. The number of carbonyl (C=O) groups excluding carboxylic acids is 1. The first kappa shape index (κ1) is 14.4. The molecule has 3 aromatic rings. The largest absolute Gasteiger partial charge is 0.325 e. The maximum atomic E-state index is 13.0. The van der Waals surface area contributed by atoms with E-state index >= 15 is 0 Å². The second-order valence-electron chi connectivity index (χ2n) is 5.94. The van der Waals surface area contributed by atoms with Crippen LogP contribution in [0, 0.1) is 0 Å². The molecule has 118 valence electrons. The van der Waals surface area contributed by atoms with Gasteiger partial charge < -0.3 is 5.32 Å². The number of hydrogen-bond donors (Lipinski definition) is 1. The third-order valence-corrected chi connectivity index (χ3v) is 5.42. The molecule has 6 heteroatoms. The first-order valence-corrected chi connectivity index (χ1v) is 8.69. The average Bonchev–Trinajstić information content (AvgIpc) is 2.72. The Hall–Kier alpha value is -2.21. The molecule has 0 spiro atoms. The number of benzene rings is 1. The van der Waals surface area contributed by atoms with Crippen molar-refractivity contribution in [1.29, 1.82) is 0 Å². The fourth-order valence-electron chi connectivity index (χ4n) is 3.26. The van der Waals surface area contributed by atoms with Crippen LogP contribution < -0.4 is 10.9 Å². The minimum absolute atomic E-state index is 0.0538. The predicted molar refractivity (Wildman–Crippen MR) is 93.2 cm³/mol. The van der Waals surface area contributed by atoms with Crippen LogP contribution in [0.3, 0.4) is 0 Å². The summed E-state index contributed by atoms with van der Waals surface area (Å²) in [6, 6.07) is 5.67. The molecule has 0 saturated heterocycles. The number of fused-ring (bicyclic) bond motifs is 4. The number of thiophene rings is 1. The summed E-state index contributed by atoms with van der Waals surface area (Å²) in [5.74, 6) is 0.781. The molecule has 23 heavy (non-hydrogen) atoms. The van der Waals surface area contributed by atoms with Gasteiger partial charge in [0.15, 0.2) is 0 Å². The number of carbonyl (C=O) groups is 1. The van der Waals surface area contributed by atoms with Crippen LogP contribution in [-0.2, 0) is 17.8 Å². The molecule has 0 atom stereocenters. The summed E-state index contributed by atoms with van der Waals surface area (Å²) in [6.45, 7) is 2.24. The Morgan fingerprint density at radius 2 is 2.17 bits per heavy atom. The maximum absolute atomic E-state index is 13.0. The second kappa shape index (κ2) is 5.45. The van der Waals surface area contributed by atoms with Crippen LogP contribution in [0.2, 0.25) is 0 Å². The molecule has 0 saturated carbocycles. The van der Waals surface area contributed by atoms with E-state index in [0.29, 0.717) is 5.39 Å². The summed E-state index contributed by atoms with van der Waals surface area (Å²) in [7, 11) is 0. The number of amides is 1. The van der Waals surface area contributed by atoms with Gasteiger partial charge in [-0.1, -0.05) is 18.6 Å². The number of hydrogen-bond acceptors (Lipinski definition) is 4. The van der Waals surface area contributed by atoms with Crippen molar-refractivity contribution >= 4 is 43.2 Å². The lowest BCUT2D eigenvalue weighted by Gasteiger charge is -2.07. The summed E-state index contributed by atoms with van der Waals surface area (Å²) in [5.41, 5.74) is 0.802. The van der Waals surface area contributed by atoms with Crippen LogP contribution in [0.15, 0.2) is 23.0 Å². The standard InChI is InChI=1S/C17H17N3O2S/c1-10(21)18-12-7-5-6-11-14-16(23-15(11)12)19-13-8-3-2-4-9-20(13)17(14)22/h5-7H,2-4,8-9H2,1H3,(H,18,21). The molecule has 1 aliphatic rings. The van der Waals surface area contributed by atoms with Gasteiger partial charge in [-0.25, -0.2) is 4.98 Å². The summed E-state index contributed by atoms with van der Waals surface area (Å²) in [6.07, 6.45) is 4.11. The highest BCUT2D eigenvalue weighted by Crippen LogP contribution is 2.36. The van der Waals surface area contributed by atoms with Crippen molar-refractivity contribution in [2.24, 2.45) is 0 Å². The van der Waals surface area contributed by atoms with E-state index in [1.807, 2.05) is 22.8 Å². The summed E-state index contributed by atoms with van der Waals surface area (Å²) < 4.78 is 2.76. The number of nitrogens with one attached hydrogen (secondary N) is 1. The Bertz CT molecular complexity index is 987. The zero-order valence-electron chi connectivity index (χ0n) is 12.9. The van der Waals surface area contributed by atoms with Gasteiger partial charge in [0, 0.05) is 25.3 Å². The van der Waals surface area contributed by atoms with Gasteiger partial charge in [0.25, 0.3) is 5.56 Å². The van der Waals surface area contributed by atoms with Crippen molar-refractivity contribution < 1.29 is 4.79 Å². The Kier molecular flexibility index (Phi) is 3.41. The van der Waals surface area contributed by atoms with E-state index in [9.17, 15) is 9.59 Å². The van der Waals surface area contributed by atoms with Crippen molar-refractivity contribution in [2.45, 2.75) is 39.2 Å². The number of aromatic nitrogens is 2. The van der Waals surface area contributed by atoms with Crippen molar-refractivity contribution in [1.82, 2.24) is 9.55 Å². The van der Waals surface area contributed by atoms with Crippen molar-refractivity contribution in [3.63, 3.8) is 0 Å². The molecule has 0 radical (unpaired) electrons. The zero-order chi connectivity index (χ0) is 16.0. The van der Waals surface area contributed by atoms with Crippen molar-refractivity contribution in [3.8, 4) is 0 Å². The maximum Gasteiger partial charge on any atom is 0.262 e. The van der Waals surface area contributed by atoms with Crippen LogP contribution in [-0.4, -0.2) is 15.5 Å². The Labute approximate surface area is 137 Å². The van der Waals surface area contributed by atoms with Crippen molar-refractivity contribution in [3.05, 3.63) is 34.4 Å². The quantitative estimate of drug-likeness (QED) is 0.746. The first-order valence-electron chi connectivity index (χ1n) is 7.87. The summed E-state index contributed by atoms with van der Waals surface area (Å²) in [4.78, 5) is 29.9. The topological polar surface area (TPSA) is 64.0 Å². The van der Waals surface area contributed by atoms with Gasteiger partial charge in [-0.15, -0.1) is 11.3 Å². The van der Waals surface area contributed by atoms with E-state index in [-0.39, 0.29) is 11.5 Å². The smallest absolute Gasteiger partial charge is 0.262 e. The third kappa shape index (κ3) is 2.34. The monoisotopic (exact) mass is 327 g/mol. The predicted octanol–water partition coefficient (Wildman–Crippen LogP) is 3.30. The van der Waals surface area contributed by atoms with Crippen molar-refractivity contribution in [2.75, 3.05) is 5.32 Å². The second-order valence-corrected chi connectivity index (χ2v) is 6.94. The number of nitrogens with zero attached hydrogens (tertiary/aromatic N) is 2. The van der Waals surface area contributed by atoms with E-state index in [2.05, 4.69) is 5.32 Å². The van der Waals surface area contributed by atoms with Crippen LogP contribution in [0.1, 0.15) is 32.0 Å². The van der Waals surface area contributed by atoms with E-state index in [1.165, 1.54) is 18.3 Å². The third-order valence-electron chi connectivity index (χ3n) is 4.29. The van der Waals surface area contributed by atoms with E-state index in [4.69, 9.17) is 4.98 Å². The fourth-order valence-corrected chi connectivity index (χ4v) is 4.41. The summed E-state index contributed by atoms with van der Waals surface area (Å²) >= 11 is 1.48. The lowest BCUT2D eigenvalue weighted by Crippen LogP contribution is -2.23. The molecule has 0 bridgehead atoms. The van der Waals surface area contributed by atoms with Gasteiger partial charge in [0.2, 0.25) is 5.91 Å². The van der Waals surface area contributed by atoms with Crippen LogP contribution in [0.4, 0.5) is 5.69 Å². The van der Waals surface area contributed by atoms with Crippen LogP contribution in [0.5, 0.6) is 0 Å². The molecule has 3 heterocycles.